The molecule has 1 aromatic rings. The van der Waals surface area contributed by atoms with Gasteiger partial charge in [0.05, 0.1) is 26.6 Å². The van der Waals surface area contributed by atoms with Crippen LogP contribution in [-0.4, -0.2) is 68.1 Å². The largest absolute Gasteiger partial charge is 0.497 e. The van der Waals surface area contributed by atoms with Gasteiger partial charge in [0.15, 0.2) is 0 Å². The number of benzene rings is 1. The molecule has 0 fully saturated rings. The Morgan fingerprint density at radius 3 is 2.19 bits per heavy atom. The molecule has 0 aliphatic rings. The number of esters is 1. The molecule has 1 amide bonds. The van der Waals surface area contributed by atoms with Gasteiger partial charge >= 0.3 is 5.97 Å². The van der Waals surface area contributed by atoms with Crippen LogP contribution in [0.25, 0.3) is 0 Å². The molecule has 1 aromatic carbocycles. The summed E-state index contributed by atoms with van der Waals surface area (Å²) in [6.45, 7) is 10.4. The maximum Gasteiger partial charge on any atom is 0.307 e. The summed E-state index contributed by atoms with van der Waals surface area (Å²) in [4.78, 5) is 28.6. The summed E-state index contributed by atoms with van der Waals surface area (Å²) in [7, 11) is 1.62. The highest BCUT2D eigenvalue weighted by molar-refractivity contribution is 5.79. The summed E-state index contributed by atoms with van der Waals surface area (Å²) in [6, 6.07) is 7.50. The molecule has 6 heteroatoms. The van der Waals surface area contributed by atoms with Crippen molar-refractivity contribution in [1.82, 2.24) is 9.80 Å². The van der Waals surface area contributed by atoms with E-state index in [1.165, 1.54) is 0 Å². The number of ether oxygens (including phenoxy) is 2. The van der Waals surface area contributed by atoms with E-state index in [0.717, 1.165) is 37.4 Å². The molecule has 0 atom stereocenters. The minimum atomic E-state index is -0.261. The molecule has 0 aromatic heterocycles. The summed E-state index contributed by atoms with van der Waals surface area (Å²) < 4.78 is 10.1. The SMILES string of the molecule is CCOC(=O)CCN(CCCN(CC)CC)C(=O)Cc1ccc(OC)cc1. The first-order valence-electron chi connectivity index (χ1n) is 9.82. The molecule has 152 valence electrons. The molecule has 0 heterocycles. The fourth-order valence-electron chi connectivity index (χ4n) is 2.88. The van der Waals surface area contributed by atoms with E-state index in [1.807, 2.05) is 24.3 Å². The Morgan fingerprint density at radius 1 is 0.963 bits per heavy atom. The molecule has 0 spiro atoms. The van der Waals surface area contributed by atoms with Crippen molar-refractivity contribution >= 4 is 11.9 Å². The number of carbonyl (C=O) groups is 2. The molecule has 0 bridgehead atoms. The zero-order chi connectivity index (χ0) is 20.1. The van der Waals surface area contributed by atoms with Crippen LogP contribution in [0, 0.1) is 0 Å². The number of hydrogen-bond acceptors (Lipinski definition) is 5. The van der Waals surface area contributed by atoms with Crippen molar-refractivity contribution in [2.75, 3.05) is 46.4 Å². The summed E-state index contributed by atoms with van der Waals surface area (Å²) >= 11 is 0. The summed E-state index contributed by atoms with van der Waals surface area (Å²) in [5, 5.41) is 0. The average Bonchev–Trinajstić information content (AvgIpc) is 2.68. The van der Waals surface area contributed by atoms with E-state index in [0.29, 0.717) is 26.1 Å². The maximum absolute atomic E-state index is 12.8. The van der Waals surface area contributed by atoms with Crippen molar-refractivity contribution in [3.8, 4) is 5.75 Å². The van der Waals surface area contributed by atoms with E-state index in [9.17, 15) is 9.59 Å². The number of nitrogens with zero attached hydrogens (tertiary/aromatic N) is 2. The molecule has 0 radical (unpaired) electrons. The second kappa shape index (κ2) is 13.1. The highest BCUT2D eigenvalue weighted by Crippen LogP contribution is 2.13. The van der Waals surface area contributed by atoms with Gasteiger partial charge in [-0.25, -0.2) is 0 Å². The smallest absolute Gasteiger partial charge is 0.307 e. The molecular weight excluding hydrogens is 344 g/mol. The molecule has 0 unspecified atom stereocenters. The second-order valence-corrected chi connectivity index (χ2v) is 6.34. The summed E-state index contributed by atoms with van der Waals surface area (Å²) in [5.74, 6) is 0.539. The maximum atomic E-state index is 12.8. The molecule has 0 saturated heterocycles. The monoisotopic (exact) mass is 378 g/mol. The van der Waals surface area contributed by atoms with Crippen LogP contribution in [-0.2, 0) is 20.7 Å². The van der Waals surface area contributed by atoms with Crippen LogP contribution in [0.3, 0.4) is 0 Å². The lowest BCUT2D eigenvalue weighted by molar-refractivity contribution is -0.144. The number of carbonyl (C=O) groups excluding carboxylic acids is 2. The Hall–Kier alpha value is -2.08. The third-order valence-electron chi connectivity index (χ3n) is 4.56. The fraction of sp³-hybridized carbons (Fsp3) is 0.619. The first-order chi connectivity index (χ1) is 13.0. The van der Waals surface area contributed by atoms with E-state index in [4.69, 9.17) is 9.47 Å². The minimum absolute atomic E-state index is 0.0315. The molecule has 0 aliphatic carbocycles. The number of amides is 1. The average molecular weight is 379 g/mol. The van der Waals surface area contributed by atoms with Crippen molar-refractivity contribution in [1.29, 1.82) is 0 Å². The zero-order valence-electron chi connectivity index (χ0n) is 17.2. The van der Waals surface area contributed by atoms with Gasteiger partial charge in [0.1, 0.15) is 5.75 Å². The molecule has 6 nitrogen and oxygen atoms in total. The normalized spacial score (nSPS) is 10.7. The van der Waals surface area contributed by atoms with Crippen LogP contribution in [0.5, 0.6) is 5.75 Å². The van der Waals surface area contributed by atoms with Crippen molar-refractivity contribution < 1.29 is 19.1 Å². The predicted octanol–water partition coefficient (Wildman–Crippen LogP) is 2.75. The molecule has 0 N–H and O–H groups in total. The molecule has 0 aliphatic heterocycles. The van der Waals surface area contributed by atoms with Gasteiger partial charge in [-0.2, -0.15) is 0 Å². The van der Waals surface area contributed by atoms with Crippen LogP contribution in [0.15, 0.2) is 24.3 Å². The van der Waals surface area contributed by atoms with Gasteiger partial charge in [0.25, 0.3) is 0 Å². The first kappa shape index (κ1) is 23.0. The predicted molar refractivity (Wildman–Crippen MR) is 107 cm³/mol. The van der Waals surface area contributed by atoms with Crippen LogP contribution in [0.2, 0.25) is 0 Å². The van der Waals surface area contributed by atoms with Gasteiger partial charge < -0.3 is 19.3 Å². The third-order valence-corrected chi connectivity index (χ3v) is 4.56. The van der Waals surface area contributed by atoms with E-state index in [-0.39, 0.29) is 18.3 Å². The molecular formula is C21H34N2O4. The van der Waals surface area contributed by atoms with Crippen LogP contribution >= 0.6 is 0 Å². The Kier molecular flexibility index (Phi) is 11.2. The minimum Gasteiger partial charge on any atom is -0.497 e. The van der Waals surface area contributed by atoms with Crippen molar-refractivity contribution in [3.63, 3.8) is 0 Å². The highest BCUT2D eigenvalue weighted by Gasteiger charge is 2.16. The van der Waals surface area contributed by atoms with E-state index in [2.05, 4.69) is 18.7 Å². The van der Waals surface area contributed by atoms with Gasteiger partial charge in [0, 0.05) is 13.1 Å². The number of rotatable bonds is 13. The lowest BCUT2D eigenvalue weighted by Crippen LogP contribution is -2.37. The van der Waals surface area contributed by atoms with E-state index >= 15 is 0 Å². The second-order valence-electron chi connectivity index (χ2n) is 6.34. The zero-order valence-corrected chi connectivity index (χ0v) is 17.2. The van der Waals surface area contributed by atoms with Gasteiger partial charge in [0.2, 0.25) is 5.91 Å². The highest BCUT2D eigenvalue weighted by atomic mass is 16.5. The van der Waals surface area contributed by atoms with Gasteiger partial charge in [-0.15, -0.1) is 0 Å². The number of hydrogen-bond donors (Lipinski definition) is 0. The number of methoxy groups -OCH3 is 1. The summed E-state index contributed by atoms with van der Waals surface area (Å²) in [6.07, 6.45) is 1.43. The van der Waals surface area contributed by atoms with Crippen molar-refractivity contribution in [3.05, 3.63) is 29.8 Å². The van der Waals surface area contributed by atoms with Gasteiger partial charge in [-0.1, -0.05) is 26.0 Å². The standard InChI is InChI=1S/C21H34N2O4/c1-5-22(6-2)14-8-15-23(16-13-21(25)27-7-3)20(24)17-18-9-11-19(26-4)12-10-18/h9-12H,5-8,13-17H2,1-4H3. The van der Waals surface area contributed by atoms with Crippen LogP contribution in [0.4, 0.5) is 0 Å². The van der Waals surface area contributed by atoms with Crippen LogP contribution in [0.1, 0.15) is 39.2 Å². The van der Waals surface area contributed by atoms with Crippen molar-refractivity contribution in [2.24, 2.45) is 0 Å². The van der Waals surface area contributed by atoms with Crippen LogP contribution < -0.4 is 4.74 Å². The Labute approximate surface area is 163 Å². The fourth-order valence-corrected chi connectivity index (χ4v) is 2.88. The quantitative estimate of drug-likeness (QED) is 0.494. The topological polar surface area (TPSA) is 59.1 Å². The Bertz CT molecular complexity index is 556. The van der Waals surface area contributed by atoms with E-state index in [1.54, 1.807) is 18.9 Å². The van der Waals surface area contributed by atoms with Crippen molar-refractivity contribution in [2.45, 2.75) is 40.0 Å². The Balaban J connectivity index is 2.65. The molecule has 1 rings (SSSR count). The molecule has 27 heavy (non-hydrogen) atoms. The lowest BCUT2D eigenvalue weighted by Gasteiger charge is -2.25. The third kappa shape index (κ3) is 8.91. The van der Waals surface area contributed by atoms with E-state index < -0.39 is 0 Å². The lowest BCUT2D eigenvalue weighted by atomic mass is 10.1. The summed E-state index contributed by atoms with van der Waals surface area (Å²) in [5.41, 5.74) is 0.936. The Morgan fingerprint density at radius 2 is 1.63 bits per heavy atom. The molecule has 0 saturated carbocycles. The first-order valence-corrected chi connectivity index (χ1v) is 9.82. The van der Waals surface area contributed by atoms with Gasteiger partial charge in [-0.05, 0) is 50.7 Å². The van der Waals surface area contributed by atoms with Gasteiger partial charge in [-0.3, -0.25) is 9.59 Å².